The maximum atomic E-state index is 12.4. The molecule has 1 aromatic carbocycles. The number of amides is 1. The SMILES string of the molecule is CC(C)CC(C)CC(=O)N[C@@H](COC(F)F)c1cccc(OC(F)F)c1. The van der Waals surface area contributed by atoms with E-state index in [4.69, 9.17) is 0 Å². The fourth-order valence-corrected chi connectivity index (χ4v) is 2.76. The Morgan fingerprint density at radius 3 is 2.38 bits per heavy atom. The van der Waals surface area contributed by atoms with Gasteiger partial charge in [0, 0.05) is 6.42 Å². The fourth-order valence-electron chi connectivity index (χ4n) is 2.76. The van der Waals surface area contributed by atoms with Gasteiger partial charge in [-0.25, -0.2) is 0 Å². The van der Waals surface area contributed by atoms with Gasteiger partial charge in [0.05, 0.1) is 12.6 Å². The Hall–Kier alpha value is -1.83. The van der Waals surface area contributed by atoms with Gasteiger partial charge in [-0.2, -0.15) is 17.6 Å². The zero-order chi connectivity index (χ0) is 19.7. The summed E-state index contributed by atoms with van der Waals surface area (Å²) in [6, 6.07) is 4.64. The molecule has 26 heavy (non-hydrogen) atoms. The summed E-state index contributed by atoms with van der Waals surface area (Å²) in [6.07, 6.45) is 1.08. The van der Waals surface area contributed by atoms with Crippen LogP contribution in [0.5, 0.6) is 5.75 Å². The van der Waals surface area contributed by atoms with Gasteiger partial charge in [-0.05, 0) is 36.0 Å². The molecule has 0 spiro atoms. The van der Waals surface area contributed by atoms with E-state index in [1.54, 1.807) is 0 Å². The first kappa shape index (κ1) is 22.2. The number of rotatable bonds is 11. The van der Waals surface area contributed by atoms with E-state index in [1.165, 1.54) is 24.3 Å². The highest BCUT2D eigenvalue weighted by molar-refractivity contribution is 5.76. The summed E-state index contributed by atoms with van der Waals surface area (Å²) in [6.45, 7) is -0.478. The standard InChI is InChI=1S/C18H25F4NO3/c1-11(2)7-12(3)8-16(24)23-15(10-25-17(19)20)13-5-4-6-14(9-13)26-18(21)22/h4-6,9,11-12,15,17-18H,7-8,10H2,1-3H3,(H,23,24)/t12?,15-/m0/s1. The lowest BCUT2D eigenvalue weighted by atomic mass is 9.95. The molecule has 0 radical (unpaired) electrons. The minimum absolute atomic E-state index is 0.123. The quantitative estimate of drug-likeness (QED) is 0.564. The number of nitrogens with one attached hydrogen (secondary N) is 1. The van der Waals surface area contributed by atoms with Crippen molar-refractivity contribution in [3.05, 3.63) is 29.8 Å². The first-order valence-electron chi connectivity index (χ1n) is 8.41. The molecule has 1 unspecified atom stereocenters. The van der Waals surface area contributed by atoms with Gasteiger partial charge in [0.15, 0.2) is 0 Å². The van der Waals surface area contributed by atoms with Crippen LogP contribution in [0.2, 0.25) is 0 Å². The fraction of sp³-hybridized carbons (Fsp3) is 0.611. The average Bonchev–Trinajstić information content (AvgIpc) is 2.49. The molecule has 4 nitrogen and oxygen atoms in total. The van der Waals surface area contributed by atoms with Crippen molar-refractivity contribution in [1.29, 1.82) is 0 Å². The lowest BCUT2D eigenvalue weighted by Crippen LogP contribution is -2.33. The molecule has 0 bridgehead atoms. The van der Waals surface area contributed by atoms with Crippen LogP contribution in [-0.2, 0) is 9.53 Å². The monoisotopic (exact) mass is 379 g/mol. The van der Waals surface area contributed by atoms with Gasteiger partial charge in [0.1, 0.15) is 5.75 Å². The molecular formula is C18H25F4NO3. The predicted molar refractivity (Wildman–Crippen MR) is 89.1 cm³/mol. The second-order valence-corrected chi connectivity index (χ2v) is 6.60. The van der Waals surface area contributed by atoms with Crippen LogP contribution in [0.1, 0.15) is 45.2 Å². The van der Waals surface area contributed by atoms with Gasteiger partial charge in [-0.1, -0.05) is 32.9 Å². The first-order valence-corrected chi connectivity index (χ1v) is 8.41. The molecule has 1 amide bonds. The smallest absolute Gasteiger partial charge is 0.387 e. The Labute approximate surface area is 150 Å². The Balaban J connectivity index is 2.82. The van der Waals surface area contributed by atoms with Gasteiger partial charge in [-0.3, -0.25) is 4.79 Å². The van der Waals surface area contributed by atoms with Crippen molar-refractivity contribution in [1.82, 2.24) is 5.32 Å². The largest absolute Gasteiger partial charge is 0.435 e. The molecule has 0 saturated carbocycles. The third-order valence-electron chi connectivity index (χ3n) is 3.62. The van der Waals surface area contributed by atoms with Crippen molar-refractivity contribution in [3.63, 3.8) is 0 Å². The molecule has 0 aliphatic rings. The molecule has 1 rings (SSSR count). The van der Waals surface area contributed by atoms with Crippen molar-refractivity contribution >= 4 is 5.91 Å². The van der Waals surface area contributed by atoms with E-state index < -0.39 is 25.9 Å². The summed E-state index contributed by atoms with van der Waals surface area (Å²) in [4.78, 5) is 12.2. The number of carbonyl (C=O) groups is 1. The molecule has 1 N–H and O–H groups in total. The minimum atomic E-state index is -3.01. The van der Waals surface area contributed by atoms with E-state index in [-0.39, 0.29) is 24.0 Å². The molecule has 0 aliphatic carbocycles. The van der Waals surface area contributed by atoms with Gasteiger partial charge in [0.25, 0.3) is 0 Å². The number of benzene rings is 1. The van der Waals surface area contributed by atoms with Gasteiger partial charge < -0.3 is 14.8 Å². The third-order valence-corrected chi connectivity index (χ3v) is 3.62. The van der Waals surface area contributed by atoms with Crippen LogP contribution in [0.15, 0.2) is 24.3 Å². The zero-order valence-electron chi connectivity index (χ0n) is 15.1. The van der Waals surface area contributed by atoms with Crippen molar-refractivity contribution in [2.24, 2.45) is 11.8 Å². The number of hydrogen-bond acceptors (Lipinski definition) is 3. The average molecular weight is 379 g/mol. The van der Waals surface area contributed by atoms with E-state index >= 15 is 0 Å². The number of halogens is 4. The normalized spacial score (nSPS) is 13.9. The van der Waals surface area contributed by atoms with E-state index in [1.807, 2.05) is 20.8 Å². The molecular weight excluding hydrogens is 354 g/mol. The van der Waals surface area contributed by atoms with Gasteiger partial charge in [0.2, 0.25) is 5.91 Å². The van der Waals surface area contributed by atoms with Crippen LogP contribution >= 0.6 is 0 Å². The summed E-state index contributed by atoms with van der Waals surface area (Å²) >= 11 is 0. The van der Waals surface area contributed by atoms with Crippen LogP contribution in [0.4, 0.5) is 17.6 Å². The maximum absolute atomic E-state index is 12.4. The van der Waals surface area contributed by atoms with E-state index in [0.717, 1.165) is 6.42 Å². The molecule has 0 aromatic heterocycles. The van der Waals surface area contributed by atoms with Crippen molar-refractivity contribution in [2.75, 3.05) is 6.61 Å². The number of hydrogen-bond donors (Lipinski definition) is 1. The topological polar surface area (TPSA) is 47.6 Å². The number of ether oxygens (including phenoxy) is 2. The van der Waals surface area contributed by atoms with E-state index in [9.17, 15) is 22.4 Å². The summed E-state index contributed by atoms with van der Waals surface area (Å²) in [7, 11) is 0. The summed E-state index contributed by atoms with van der Waals surface area (Å²) in [5.41, 5.74) is 0.341. The second kappa shape index (κ2) is 11.0. The Morgan fingerprint density at radius 2 is 1.81 bits per heavy atom. The highest BCUT2D eigenvalue weighted by atomic mass is 19.3. The Kier molecular flexibility index (Phi) is 9.40. The number of carbonyl (C=O) groups excluding carboxylic acids is 1. The Bertz CT molecular complexity index is 555. The van der Waals surface area contributed by atoms with Crippen LogP contribution in [0.3, 0.4) is 0 Å². The molecule has 0 fully saturated rings. The molecule has 1 aromatic rings. The third kappa shape index (κ3) is 9.03. The first-order chi connectivity index (χ1) is 12.2. The van der Waals surface area contributed by atoms with Crippen LogP contribution in [0, 0.1) is 11.8 Å². The van der Waals surface area contributed by atoms with Crippen LogP contribution in [-0.4, -0.2) is 25.7 Å². The maximum Gasteiger partial charge on any atom is 0.387 e. The molecule has 0 aliphatic heterocycles. The second-order valence-electron chi connectivity index (χ2n) is 6.60. The molecule has 0 heterocycles. The van der Waals surface area contributed by atoms with Crippen molar-refractivity contribution < 1.29 is 31.8 Å². The van der Waals surface area contributed by atoms with E-state index in [2.05, 4.69) is 14.8 Å². The Morgan fingerprint density at radius 1 is 1.12 bits per heavy atom. The van der Waals surface area contributed by atoms with Gasteiger partial charge >= 0.3 is 13.2 Å². The molecule has 2 atom stereocenters. The molecule has 8 heteroatoms. The van der Waals surface area contributed by atoms with Crippen LogP contribution < -0.4 is 10.1 Å². The van der Waals surface area contributed by atoms with Crippen molar-refractivity contribution in [3.8, 4) is 5.75 Å². The van der Waals surface area contributed by atoms with Crippen LogP contribution in [0.25, 0.3) is 0 Å². The highest BCUT2D eigenvalue weighted by Crippen LogP contribution is 2.23. The summed E-state index contributed by atoms with van der Waals surface area (Å²) < 4.78 is 58.1. The molecule has 148 valence electrons. The predicted octanol–water partition coefficient (Wildman–Crippen LogP) is 4.76. The number of alkyl halides is 4. The molecule has 0 saturated heterocycles. The summed E-state index contributed by atoms with van der Waals surface area (Å²) in [5.74, 6) is 0.113. The highest BCUT2D eigenvalue weighted by Gasteiger charge is 2.20. The van der Waals surface area contributed by atoms with Crippen molar-refractivity contribution in [2.45, 2.75) is 52.9 Å². The van der Waals surface area contributed by atoms with E-state index in [0.29, 0.717) is 11.5 Å². The summed E-state index contributed by atoms with van der Waals surface area (Å²) in [5, 5.41) is 2.63. The lowest BCUT2D eigenvalue weighted by molar-refractivity contribution is -0.139. The minimum Gasteiger partial charge on any atom is -0.435 e. The lowest BCUT2D eigenvalue weighted by Gasteiger charge is -2.21. The zero-order valence-corrected chi connectivity index (χ0v) is 15.1. The van der Waals surface area contributed by atoms with Gasteiger partial charge in [-0.15, -0.1) is 0 Å².